The zero-order valence-electron chi connectivity index (χ0n) is 11.2. The van der Waals surface area contributed by atoms with Crippen LogP contribution >= 0.6 is 0 Å². The first-order valence-electron chi connectivity index (χ1n) is 6.34. The van der Waals surface area contributed by atoms with Gasteiger partial charge >= 0.3 is 5.97 Å². The van der Waals surface area contributed by atoms with Crippen LogP contribution in [0.4, 0.5) is 0 Å². The molecular weight excluding hydrogens is 248 g/mol. The smallest absolute Gasteiger partial charge is 0.307 e. The molecule has 0 aromatic heterocycles. The van der Waals surface area contributed by atoms with Crippen molar-refractivity contribution in [3.05, 3.63) is 12.7 Å². The number of amides is 2. The number of carbonyl (C=O) groups is 3. The summed E-state index contributed by atoms with van der Waals surface area (Å²) in [6.07, 6.45) is 2.75. The zero-order chi connectivity index (χ0) is 14.3. The molecule has 0 aromatic carbocycles. The average Bonchev–Trinajstić information content (AvgIpc) is 2.46. The van der Waals surface area contributed by atoms with E-state index >= 15 is 0 Å². The lowest BCUT2D eigenvalue weighted by atomic mass is 9.96. The van der Waals surface area contributed by atoms with Gasteiger partial charge in [-0.15, -0.1) is 0 Å². The Labute approximate surface area is 112 Å². The predicted octanol–water partition coefficient (Wildman–Crippen LogP) is 0.0903. The van der Waals surface area contributed by atoms with Crippen molar-refractivity contribution in [1.29, 1.82) is 0 Å². The van der Waals surface area contributed by atoms with Crippen LogP contribution in [0, 0.1) is 5.92 Å². The van der Waals surface area contributed by atoms with Gasteiger partial charge in [-0.25, -0.2) is 0 Å². The van der Waals surface area contributed by atoms with Gasteiger partial charge < -0.3 is 15.0 Å². The lowest BCUT2D eigenvalue weighted by Gasteiger charge is -2.30. The van der Waals surface area contributed by atoms with Crippen LogP contribution in [-0.2, 0) is 19.1 Å². The number of carbonyl (C=O) groups excluding carboxylic acids is 3. The Morgan fingerprint density at radius 3 is 2.53 bits per heavy atom. The molecule has 2 amide bonds. The highest BCUT2D eigenvalue weighted by molar-refractivity contribution is 5.87. The fraction of sp³-hybridized carbons (Fsp3) is 0.615. The lowest BCUT2D eigenvalue weighted by molar-refractivity contribution is -0.140. The Morgan fingerprint density at radius 1 is 1.37 bits per heavy atom. The highest BCUT2D eigenvalue weighted by Gasteiger charge is 2.26. The van der Waals surface area contributed by atoms with Crippen LogP contribution in [0.2, 0.25) is 0 Å². The second-order valence-electron chi connectivity index (χ2n) is 4.42. The molecule has 19 heavy (non-hydrogen) atoms. The van der Waals surface area contributed by atoms with Crippen molar-refractivity contribution >= 4 is 17.8 Å². The van der Waals surface area contributed by atoms with E-state index in [1.54, 1.807) is 4.90 Å². The summed E-state index contributed by atoms with van der Waals surface area (Å²) >= 11 is 0. The molecule has 1 saturated heterocycles. The van der Waals surface area contributed by atoms with Crippen molar-refractivity contribution in [3.8, 4) is 0 Å². The van der Waals surface area contributed by atoms with Crippen LogP contribution in [0.3, 0.4) is 0 Å². The maximum atomic E-state index is 11.8. The second kappa shape index (κ2) is 7.56. The minimum Gasteiger partial charge on any atom is -0.469 e. The van der Waals surface area contributed by atoms with E-state index in [0.29, 0.717) is 25.9 Å². The third-order valence-corrected chi connectivity index (χ3v) is 3.21. The van der Waals surface area contributed by atoms with Gasteiger partial charge in [-0.2, -0.15) is 0 Å². The fourth-order valence-electron chi connectivity index (χ4n) is 2.03. The van der Waals surface area contributed by atoms with Crippen molar-refractivity contribution in [1.82, 2.24) is 10.2 Å². The minimum absolute atomic E-state index is 0.0606. The van der Waals surface area contributed by atoms with Crippen LogP contribution in [0.5, 0.6) is 0 Å². The number of nitrogens with one attached hydrogen (secondary N) is 1. The molecule has 106 valence electrons. The van der Waals surface area contributed by atoms with Crippen LogP contribution in [0.1, 0.15) is 19.3 Å². The van der Waals surface area contributed by atoms with Gasteiger partial charge in [-0.1, -0.05) is 6.58 Å². The Balaban J connectivity index is 2.27. The van der Waals surface area contributed by atoms with Crippen molar-refractivity contribution < 1.29 is 19.1 Å². The van der Waals surface area contributed by atoms with E-state index in [2.05, 4.69) is 16.6 Å². The number of methoxy groups -OCH3 is 1. The molecule has 0 radical (unpaired) electrons. The Morgan fingerprint density at radius 2 is 2.00 bits per heavy atom. The molecule has 1 N–H and O–H groups in total. The van der Waals surface area contributed by atoms with E-state index in [1.807, 2.05) is 0 Å². The molecule has 1 heterocycles. The number of esters is 1. The highest BCUT2D eigenvalue weighted by atomic mass is 16.5. The lowest BCUT2D eigenvalue weighted by Crippen LogP contribution is -2.42. The van der Waals surface area contributed by atoms with E-state index in [-0.39, 0.29) is 36.7 Å². The summed E-state index contributed by atoms with van der Waals surface area (Å²) in [5.41, 5.74) is 0. The second-order valence-corrected chi connectivity index (χ2v) is 4.42. The molecule has 0 spiro atoms. The summed E-state index contributed by atoms with van der Waals surface area (Å²) in [5.74, 6) is -0.586. The fourth-order valence-corrected chi connectivity index (χ4v) is 2.03. The number of ether oxygens (including phenoxy) is 1. The first-order chi connectivity index (χ1) is 9.08. The summed E-state index contributed by atoms with van der Waals surface area (Å²) in [4.78, 5) is 35.8. The van der Waals surface area contributed by atoms with Crippen LogP contribution in [0.25, 0.3) is 0 Å². The quantitative estimate of drug-likeness (QED) is 0.566. The normalized spacial score (nSPS) is 15.7. The number of hydrogen-bond donors (Lipinski definition) is 1. The van der Waals surface area contributed by atoms with Crippen LogP contribution < -0.4 is 5.32 Å². The van der Waals surface area contributed by atoms with Crippen molar-refractivity contribution in [3.63, 3.8) is 0 Å². The topological polar surface area (TPSA) is 75.7 Å². The number of rotatable bonds is 5. The zero-order valence-corrected chi connectivity index (χ0v) is 11.2. The molecule has 1 rings (SSSR count). The molecule has 1 fully saturated rings. The van der Waals surface area contributed by atoms with Crippen molar-refractivity contribution in [2.75, 3.05) is 26.7 Å². The summed E-state index contributed by atoms with van der Waals surface area (Å²) in [7, 11) is 1.32. The molecule has 6 heteroatoms. The van der Waals surface area contributed by atoms with Crippen LogP contribution in [0.15, 0.2) is 12.7 Å². The summed E-state index contributed by atoms with van der Waals surface area (Å²) in [5, 5.41) is 2.71. The van der Waals surface area contributed by atoms with Crippen molar-refractivity contribution in [2.24, 2.45) is 5.92 Å². The molecule has 1 aliphatic rings. The molecule has 0 bridgehead atoms. The number of hydrogen-bond acceptors (Lipinski definition) is 4. The third kappa shape index (κ3) is 4.73. The van der Waals surface area contributed by atoms with Gasteiger partial charge in [-0.3, -0.25) is 14.4 Å². The van der Waals surface area contributed by atoms with Gasteiger partial charge in [0.1, 0.15) is 0 Å². The Hall–Kier alpha value is -1.85. The first kappa shape index (κ1) is 15.2. The van der Waals surface area contributed by atoms with E-state index in [1.165, 1.54) is 13.2 Å². The van der Waals surface area contributed by atoms with Gasteiger partial charge in [0, 0.05) is 25.6 Å². The molecule has 6 nitrogen and oxygen atoms in total. The average molecular weight is 268 g/mol. The standard InChI is InChI=1S/C13H20N2O4/c1-3-11(16)15-8-5-10(6-9-15)13(18)14-7-4-12(17)19-2/h3,10H,1,4-9H2,2H3,(H,14,18). The van der Waals surface area contributed by atoms with Gasteiger partial charge in [-0.05, 0) is 18.9 Å². The molecule has 0 saturated carbocycles. The van der Waals surface area contributed by atoms with Crippen LogP contribution in [-0.4, -0.2) is 49.4 Å². The van der Waals surface area contributed by atoms with Gasteiger partial charge in [0.25, 0.3) is 0 Å². The summed E-state index contributed by atoms with van der Waals surface area (Å²) < 4.78 is 4.49. The molecule has 0 atom stereocenters. The van der Waals surface area contributed by atoms with E-state index < -0.39 is 0 Å². The summed E-state index contributed by atoms with van der Waals surface area (Å²) in [6, 6.07) is 0. The highest BCUT2D eigenvalue weighted by Crippen LogP contribution is 2.17. The first-order valence-corrected chi connectivity index (χ1v) is 6.34. The predicted molar refractivity (Wildman–Crippen MR) is 69.1 cm³/mol. The number of likely N-dealkylation sites (tertiary alicyclic amines) is 1. The number of nitrogens with zero attached hydrogens (tertiary/aromatic N) is 1. The van der Waals surface area contributed by atoms with E-state index in [4.69, 9.17) is 0 Å². The maximum absolute atomic E-state index is 11.8. The number of piperidine rings is 1. The summed E-state index contributed by atoms with van der Waals surface area (Å²) in [6.45, 7) is 4.87. The maximum Gasteiger partial charge on any atom is 0.307 e. The largest absolute Gasteiger partial charge is 0.469 e. The van der Waals surface area contributed by atoms with Gasteiger partial charge in [0.15, 0.2) is 0 Å². The van der Waals surface area contributed by atoms with Gasteiger partial charge in [0.2, 0.25) is 11.8 Å². The Bertz CT molecular complexity index is 360. The molecule has 1 aliphatic heterocycles. The Kier molecular flexibility index (Phi) is 6.05. The molecule has 0 aliphatic carbocycles. The third-order valence-electron chi connectivity index (χ3n) is 3.21. The van der Waals surface area contributed by atoms with E-state index in [0.717, 1.165) is 0 Å². The van der Waals surface area contributed by atoms with Crippen molar-refractivity contribution in [2.45, 2.75) is 19.3 Å². The van der Waals surface area contributed by atoms with Gasteiger partial charge in [0.05, 0.1) is 13.5 Å². The molecule has 0 unspecified atom stereocenters. The monoisotopic (exact) mass is 268 g/mol. The van der Waals surface area contributed by atoms with E-state index in [9.17, 15) is 14.4 Å². The molecule has 0 aromatic rings. The SMILES string of the molecule is C=CC(=O)N1CCC(C(=O)NCCC(=O)OC)CC1. The minimum atomic E-state index is -0.341. The molecular formula is C13H20N2O4.